The van der Waals surface area contributed by atoms with Gasteiger partial charge in [-0.1, -0.05) is 49.2 Å². The maximum atomic E-state index is 12.1. The largest absolute Gasteiger partial charge is 0.400 e. The Bertz CT molecular complexity index is 706. The average Bonchev–Trinajstić information content (AvgIpc) is 3.30. The molecule has 2 N–H and O–H groups in total. The van der Waals surface area contributed by atoms with Crippen LogP contribution in [-0.4, -0.2) is 42.2 Å². The topological polar surface area (TPSA) is 52.6 Å². The molecule has 1 saturated carbocycles. The van der Waals surface area contributed by atoms with E-state index in [1.165, 1.54) is 37.8 Å². The van der Waals surface area contributed by atoms with Crippen LogP contribution in [0.2, 0.25) is 0 Å². The highest BCUT2D eigenvalue weighted by atomic mass is 16.2. The number of nitrogens with one attached hydrogen (secondary N) is 1. The van der Waals surface area contributed by atoms with Crippen LogP contribution in [-0.2, 0) is 0 Å². The van der Waals surface area contributed by atoms with Gasteiger partial charge < -0.3 is 15.3 Å². The number of aliphatic hydroxyl groups is 1. The van der Waals surface area contributed by atoms with Gasteiger partial charge in [-0.2, -0.15) is 0 Å². The Balaban J connectivity index is 0.000000194. The minimum absolute atomic E-state index is 0.202. The molecule has 1 saturated heterocycles. The lowest BCUT2D eigenvalue weighted by Crippen LogP contribution is -2.35. The van der Waals surface area contributed by atoms with E-state index >= 15 is 0 Å². The van der Waals surface area contributed by atoms with Crippen LogP contribution in [0.25, 0.3) is 0 Å². The van der Waals surface area contributed by atoms with E-state index in [9.17, 15) is 4.79 Å². The number of rotatable bonds is 3. The third kappa shape index (κ3) is 7.54. The average molecular weight is 397 g/mol. The number of aryl methyl sites for hydroxylation is 1. The van der Waals surface area contributed by atoms with Gasteiger partial charge in [0.25, 0.3) is 5.91 Å². The highest BCUT2D eigenvalue weighted by Crippen LogP contribution is 2.21. The second-order valence-corrected chi connectivity index (χ2v) is 7.66. The summed E-state index contributed by atoms with van der Waals surface area (Å²) in [6.07, 6.45) is 9.03. The first-order valence-corrected chi connectivity index (χ1v) is 10.9. The summed E-state index contributed by atoms with van der Waals surface area (Å²) >= 11 is 0. The van der Waals surface area contributed by atoms with Crippen molar-refractivity contribution < 1.29 is 9.90 Å². The van der Waals surface area contributed by atoms with E-state index in [1.54, 1.807) is 0 Å². The molecule has 0 spiro atoms. The number of nitrogens with zero attached hydrogens (tertiary/aromatic N) is 1. The normalized spacial score (nSPS) is 16.2. The molecule has 1 heterocycles. The quantitative estimate of drug-likeness (QED) is 0.743. The van der Waals surface area contributed by atoms with Crippen molar-refractivity contribution in [3.05, 3.63) is 65.7 Å². The molecule has 4 nitrogen and oxygen atoms in total. The zero-order valence-corrected chi connectivity index (χ0v) is 17.9. The molecular weight excluding hydrogens is 360 g/mol. The summed E-state index contributed by atoms with van der Waals surface area (Å²) in [6, 6.07) is 19.0. The molecule has 2 aromatic carbocycles. The molecule has 0 aromatic heterocycles. The Kier molecular flexibility index (Phi) is 10.3. The molecule has 0 bridgehead atoms. The first kappa shape index (κ1) is 23.0. The van der Waals surface area contributed by atoms with E-state index in [0.717, 1.165) is 50.2 Å². The Morgan fingerprint density at radius 3 is 2.07 bits per heavy atom. The van der Waals surface area contributed by atoms with Crippen LogP contribution >= 0.6 is 0 Å². The number of hydrogen-bond acceptors (Lipinski definition) is 3. The van der Waals surface area contributed by atoms with E-state index in [4.69, 9.17) is 5.11 Å². The van der Waals surface area contributed by atoms with Crippen molar-refractivity contribution in [3.63, 3.8) is 0 Å². The van der Waals surface area contributed by atoms with Gasteiger partial charge in [-0.25, -0.2) is 0 Å². The van der Waals surface area contributed by atoms with Gasteiger partial charge in [0.2, 0.25) is 0 Å². The summed E-state index contributed by atoms with van der Waals surface area (Å²) in [6.45, 7) is 3.84. The number of benzene rings is 2. The van der Waals surface area contributed by atoms with Crippen molar-refractivity contribution in [3.8, 4) is 0 Å². The Hall–Kier alpha value is -2.33. The van der Waals surface area contributed by atoms with Crippen LogP contribution < -0.4 is 5.32 Å². The van der Waals surface area contributed by atoms with Gasteiger partial charge >= 0.3 is 0 Å². The van der Waals surface area contributed by atoms with Crippen LogP contribution in [0.1, 0.15) is 60.9 Å². The van der Waals surface area contributed by atoms with E-state index in [0.29, 0.717) is 0 Å². The van der Waals surface area contributed by atoms with Gasteiger partial charge in [-0.15, -0.1) is 0 Å². The molecule has 4 rings (SSSR count). The monoisotopic (exact) mass is 396 g/mol. The second kappa shape index (κ2) is 13.0. The number of para-hydroxylation sites is 1. The molecule has 2 aliphatic rings. The number of hydrogen-bond donors (Lipinski definition) is 2. The molecule has 2 aromatic rings. The SMILES string of the molecule is CO.Cc1ccccc1C(=O)N1CCCCC1.c1ccc(NC2CCCC2)cc1. The first-order chi connectivity index (χ1) is 14.2. The molecule has 1 aliphatic carbocycles. The summed E-state index contributed by atoms with van der Waals surface area (Å²) in [5.41, 5.74) is 3.21. The number of piperidine rings is 1. The van der Waals surface area contributed by atoms with Gasteiger partial charge in [0, 0.05) is 37.5 Å². The summed E-state index contributed by atoms with van der Waals surface area (Å²) < 4.78 is 0. The number of amides is 1. The van der Waals surface area contributed by atoms with Crippen LogP contribution in [0.3, 0.4) is 0 Å². The fourth-order valence-electron chi connectivity index (χ4n) is 3.92. The molecular formula is C25H36N2O2. The predicted molar refractivity (Wildman–Crippen MR) is 121 cm³/mol. The van der Waals surface area contributed by atoms with Crippen molar-refractivity contribution in [2.45, 2.75) is 57.9 Å². The Labute approximate surface area is 175 Å². The van der Waals surface area contributed by atoms with Crippen LogP contribution in [0.15, 0.2) is 54.6 Å². The van der Waals surface area contributed by atoms with Crippen LogP contribution in [0, 0.1) is 6.92 Å². The lowest BCUT2D eigenvalue weighted by Gasteiger charge is -2.27. The molecule has 2 fully saturated rings. The maximum absolute atomic E-state index is 12.1. The first-order valence-electron chi connectivity index (χ1n) is 10.9. The summed E-state index contributed by atoms with van der Waals surface area (Å²) in [5.74, 6) is 0.202. The minimum atomic E-state index is 0.202. The number of likely N-dealkylation sites (tertiary alicyclic amines) is 1. The smallest absolute Gasteiger partial charge is 0.254 e. The van der Waals surface area contributed by atoms with E-state index < -0.39 is 0 Å². The zero-order valence-electron chi connectivity index (χ0n) is 17.9. The molecule has 158 valence electrons. The third-order valence-electron chi connectivity index (χ3n) is 5.52. The fraction of sp³-hybridized carbons (Fsp3) is 0.480. The molecule has 29 heavy (non-hydrogen) atoms. The zero-order chi connectivity index (χ0) is 20.9. The van der Waals surface area contributed by atoms with Crippen molar-refractivity contribution in [2.24, 2.45) is 0 Å². The standard InChI is InChI=1S/C13H17NO.C11H15N.CH4O/c1-11-7-3-4-8-12(11)13(15)14-9-5-2-6-10-14;1-2-6-10(7-3-1)12-11-8-4-5-9-11;1-2/h3-4,7-8H,2,5-6,9-10H2,1H3;1-3,6-7,11-12H,4-5,8-9H2;2H,1H3. The molecule has 0 unspecified atom stereocenters. The van der Waals surface area contributed by atoms with Gasteiger partial charge in [-0.3, -0.25) is 4.79 Å². The molecule has 0 atom stereocenters. The van der Waals surface area contributed by atoms with E-state index in [-0.39, 0.29) is 5.91 Å². The Morgan fingerprint density at radius 2 is 1.45 bits per heavy atom. The highest BCUT2D eigenvalue weighted by Gasteiger charge is 2.18. The lowest BCUT2D eigenvalue weighted by molar-refractivity contribution is 0.0723. The van der Waals surface area contributed by atoms with Gasteiger partial charge in [0.05, 0.1) is 0 Å². The van der Waals surface area contributed by atoms with Crippen molar-refractivity contribution in [1.82, 2.24) is 4.90 Å². The molecule has 1 amide bonds. The van der Waals surface area contributed by atoms with Gasteiger partial charge in [-0.05, 0) is 62.8 Å². The molecule has 0 radical (unpaired) electrons. The third-order valence-corrected chi connectivity index (χ3v) is 5.52. The number of carbonyl (C=O) groups excluding carboxylic acids is 1. The summed E-state index contributed by atoms with van der Waals surface area (Å²) in [7, 11) is 1.00. The highest BCUT2D eigenvalue weighted by molar-refractivity contribution is 5.95. The van der Waals surface area contributed by atoms with E-state index in [1.807, 2.05) is 36.1 Å². The van der Waals surface area contributed by atoms with Crippen LogP contribution in [0.5, 0.6) is 0 Å². The minimum Gasteiger partial charge on any atom is -0.400 e. The molecule has 4 heteroatoms. The van der Waals surface area contributed by atoms with Crippen molar-refractivity contribution in [2.75, 3.05) is 25.5 Å². The van der Waals surface area contributed by atoms with Crippen LogP contribution in [0.4, 0.5) is 5.69 Å². The number of carbonyl (C=O) groups is 1. The maximum Gasteiger partial charge on any atom is 0.254 e. The number of anilines is 1. The number of aliphatic hydroxyl groups excluding tert-OH is 1. The van der Waals surface area contributed by atoms with Gasteiger partial charge in [0.1, 0.15) is 0 Å². The summed E-state index contributed by atoms with van der Waals surface area (Å²) in [4.78, 5) is 14.1. The second-order valence-electron chi connectivity index (χ2n) is 7.66. The van der Waals surface area contributed by atoms with Crippen molar-refractivity contribution in [1.29, 1.82) is 0 Å². The molecule has 1 aliphatic heterocycles. The van der Waals surface area contributed by atoms with Gasteiger partial charge in [0.15, 0.2) is 0 Å². The van der Waals surface area contributed by atoms with Crippen molar-refractivity contribution >= 4 is 11.6 Å². The van der Waals surface area contributed by atoms with E-state index in [2.05, 4.69) is 35.6 Å². The lowest BCUT2D eigenvalue weighted by atomic mass is 10.1. The fourth-order valence-corrected chi connectivity index (χ4v) is 3.92. The Morgan fingerprint density at radius 1 is 0.862 bits per heavy atom. The predicted octanol–water partition coefficient (Wildman–Crippen LogP) is 5.27. The summed E-state index contributed by atoms with van der Waals surface area (Å²) in [5, 5.41) is 10.5.